The molecule has 0 aliphatic rings. The van der Waals surface area contributed by atoms with Crippen LogP contribution in [0.5, 0.6) is 0 Å². The second-order valence-electron chi connectivity index (χ2n) is 4.11. The van der Waals surface area contributed by atoms with Crippen LogP contribution in [0.3, 0.4) is 0 Å². The Kier molecular flexibility index (Phi) is 5.33. The maximum absolute atomic E-state index is 12.0. The van der Waals surface area contributed by atoms with Crippen LogP contribution in [0.1, 0.15) is 23.0 Å². The van der Waals surface area contributed by atoms with Crippen LogP contribution >= 0.6 is 39.1 Å². The van der Waals surface area contributed by atoms with Crippen molar-refractivity contribution in [2.24, 2.45) is 5.10 Å². The van der Waals surface area contributed by atoms with Gasteiger partial charge in [0.1, 0.15) is 10.8 Å². The largest absolute Gasteiger partial charge is 0.291 e. The summed E-state index contributed by atoms with van der Waals surface area (Å²) in [5.41, 5.74) is 4.00. The average Bonchev–Trinajstić information content (AvgIpc) is 2.47. The third-order valence-corrected chi connectivity index (χ3v) is 3.66. The van der Waals surface area contributed by atoms with Gasteiger partial charge in [-0.25, -0.2) is 10.4 Å². The number of amides is 1. The van der Waals surface area contributed by atoms with Crippen LogP contribution < -0.4 is 5.43 Å². The van der Waals surface area contributed by atoms with Crippen LogP contribution in [-0.2, 0) is 0 Å². The van der Waals surface area contributed by atoms with Crippen molar-refractivity contribution in [2.45, 2.75) is 6.92 Å². The number of hydrazone groups is 1. The molecular formula is C14H10BrCl2N3O. The number of hydrogen-bond acceptors (Lipinski definition) is 3. The molecule has 2 rings (SSSR count). The topological polar surface area (TPSA) is 54.4 Å². The van der Waals surface area contributed by atoms with Crippen molar-refractivity contribution in [1.82, 2.24) is 10.4 Å². The van der Waals surface area contributed by atoms with Crippen molar-refractivity contribution in [3.05, 3.63) is 62.3 Å². The summed E-state index contributed by atoms with van der Waals surface area (Å²) >= 11 is 15.0. The molecule has 0 spiro atoms. The lowest BCUT2D eigenvalue weighted by Crippen LogP contribution is -2.21. The van der Waals surface area contributed by atoms with Gasteiger partial charge in [0.15, 0.2) is 0 Å². The SMILES string of the molecule is C/C(=N\NC(=O)c1nc(Cl)ccc1Cl)c1ccc(Br)cc1. The van der Waals surface area contributed by atoms with Gasteiger partial charge in [0.2, 0.25) is 0 Å². The molecule has 0 fully saturated rings. The van der Waals surface area contributed by atoms with E-state index in [1.807, 2.05) is 24.3 Å². The van der Waals surface area contributed by atoms with Gasteiger partial charge >= 0.3 is 0 Å². The van der Waals surface area contributed by atoms with E-state index >= 15 is 0 Å². The molecule has 1 amide bonds. The molecule has 1 heterocycles. The minimum atomic E-state index is -0.515. The Hall–Kier alpha value is -1.43. The molecule has 1 aromatic carbocycles. The summed E-state index contributed by atoms with van der Waals surface area (Å²) in [5.74, 6) is -0.515. The Morgan fingerprint density at radius 3 is 2.52 bits per heavy atom. The number of nitrogens with one attached hydrogen (secondary N) is 1. The Bertz CT molecular complexity index is 702. The lowest BCUT2D eigenvalue weighted by Gasteiger charge is -2.04. The van der Waals surface area contributed by atoms with Gasteiger partial charge in [-0.15, -0.1) is 0 Å². The minimum Gasteiger partial charge on any atom is -0.265 e. The highest BCUT2D eigenvalue weighted by Gasteiger charge is 2.12. The lowest BCUT2D eigenvalue weighted by atomic mass is 10.1. The first-order valence-corrected chi connectivity index (χ1v) is 7.45. The monoisotopic (exact) mass is 385 g/mol. The zero-order valence-electron chi connectivity index (χ0n) is 10.9. The van der Waals surface area contributed by atoms with E-state index in [1.165, 1.54) is 12.1 Å². The molecule has 108 valence electrons. The molecular weight excluding hydrogens is 377 g/mol. The lowest BCUT2D eigenvalue weighted by molar-refractivity contribution is 0.0950. The maximum Gasteiger partial charge on any atom is 0.291 e. The van der Waals surface area contributed by atoms with Gasteiger partial charge < -0.3 is 0 Å². The number of benzene rings is 1. The van der Waals surface area contributed by atoms with Gasteiger partial charge in [-0.1, -0.05) is 51.3 Å². The second-order valence-corrected chi connectivity index (χ2v) is 5.82. The summed E-state index contributed by atoms with van der Waals surface area (Å²) in [5, 5.41) is 4.44. The van der Waals surface area contributed by atoms with Crippen molar-refractivity contribution in [3.8, 4) is 0 Å². The van der Waals surface area contributed by atoms with E-state index in [2.05, 4.69) is 31.4 Å². The van der Waals surface area contributed by atoms with Crippen LogP contribution in [0.2, 0.25) is 10.2 Å². The zero-order valence-corrected chi connectivity index (χ0v) is 14.0. The maximum atomic E-state index is 12.0. The molecule has 0 saturated carbocycles. The van der Waals surface area contributed by atoms with E-state index in [0.717, 1.165) is 10.0 Å². The molecule has 0 radical (unpaired) electrons. The minimum absolute atomic E-state index is 0.0384. The molecule has 0 aliphatic carbocycles. The summed E-state index contributed by atoms with van der Waals surface area (Å²) in [6, 6.07) is 10.6. The summed E-state index contributed by atoms with van der Waals surface area (Å²) in [6.45, 7) is 1.79. The van der Waals surface area contributed by atoms with Gasteiger partial charge in [0.05, 0.1) is 10.7 Å². The first-order valence-electron chi connectivity index (χ1n) is 5.90. The van der Waals surface area contributed by atoms with Gasteiger partial charge in [-0.2, -0.15) is 5.10 Å². The van der Waals surface area contributed by atoms with Crippen LogP contribution in [-0.4, -0.2) is 16.6 Å². The highest BCUT2D eigenvalue weighted by atomic mass is 79.9. The Morgan fingerprint density at radius 2 is 1.86 bits per heavy atom. The van der Waals surface area contributed by atoms with Crippen LogP contribution in [0.25, 0.3) is 0 Å². The number of rotatable bonds is 3. The first kappa shape index (κ1) is 15.9. The quantitative estimate of drug-likeness (QED) is 0.485. The van der Waals surface area contributed by atoms with Crippen molar-refractivity contribution in [3.63, 3.8) is 0 Å². The fourth-order valence-electron chi connectivity index (χ4n) is 1.52. The van der Waals surface area contributed by atoms with E-state index in [0.29, 0.717) is 5.71 Å². The molecule has 0 bridgehead atoms. The summed E-state index contributed by atoms with van der Waals surface area (Å²) in [7, 11) is 0. The van der Waals surface area contributed by atoms with E-state index < -0.39 is 5.91 Å². The number of pyridine rings is 1. The predicted octanol–water partition coefficient (Wildman–Crippen LogP) is 4.30. The van der Waals surface area contributed by atoms with Gasteiger partial charge in [0.25, 0.3) is 5.91 Å². The van der Waals surface area contributed by atoms with E-state index in [-0.39, 0.29) is 15.9 Å². The predicted molar refractivity (Wildman–Crippen MR) is 88.1 cm³/mol. The normalized spacial score (nSPS) is 11.3. The number of carbonyl (C=O) groups excluding carboxylic acids is 1. The molecule has 1 N–H and O–H groups in total. The first-order chi connectivity index (χ1) is 9.97. The fourth-order valence-corrected chi connectivity index (χ4v) is 2.12. The van der Waals surface area contributed by atoms with Crippen LogP contribution in [0, 0.1) is 0 Å². The van der Waals surface area contributed by atoms with Gasteiger partial charge in [-0.05, 0) is 36.8 Å². The molecule has 0 unspecified atom stereocenters. The van der Waals surface area contributed by atoms with Gasteiger partial charge in [-0.3, -0.25) is 4.79 Å². The van der Waals surface area contributed by atoms with E-state index in [4.69, 9.17) is 23.2 Å². The number of hydrogen-bond donors (Lipinski definition) is 1. The molecule has 2 aromatic rings. The summed E-state index contributed by atoms with van der Waals surface area (Å²) in [4.78, 5) is 15.9. The Morgan fingerprint density at radius 1 is 1.19 bits per heavy atom. The summed E-state index contributed by atoms with van der Waals surface area (Å²) in [6.07, 6.45) is 0. The molecule has 0 saturated heterocycles. The number of halogens is 3. The third kappa shape index (κ3) is 4.27. The Labute approximate surface area is 140 Å². The van der Waals surface area contributed by atoms with E-state index in [1.54, 1.807) is 6.92 Å². The zero-order chi connectivity index (χ0) is 15.4. The molecule has 0 atom stereocenters. The molecule has 21 heavy (non-hydrogen) atoms. The standard InChI is InChI=1S/C14H10BrCl2N3O/c1-8(9-2-4-10(15)5-3-9)19-20-14(21)13-11(16)6-7-12(17)18-13/h2-7H,1H3,(H,20,21)/b19-8+. The smallest absolute Gasteiger partial charge is 0.265 e. The van der Waals surface area contributed by atoms with Crippen molar-refractivity contribution >= 4 is 50.8 Å². The third-order valence-electron chi connectivity index (χ3n) is 2.61. The molecule has 0 aliphatic heterocycles. The highest BCUT2D eigenvalue weighted by molar-refractivity contribution is 9.10. The number of nitrogens with zero attached hydrogens (tertiary/aromatic N) is 2. The highest BCUT2D eigenvalue weighted by Crippen LogP contribution is 2.16. The van der Waals surface area contributed by atoms with Gasteiger partial charge in [0, 0.05) is 4.47 Å². The number of carbonyl (C=O) groups is 1. The van der Waals surface area contributed by atoms with Crippen molar-refractivity contribution in [1.29, 1.82) is 0 Å². The van der Waals surface area contributed by atoms with Crippen molar-refractivity contribution in [2.75, 3.05) is 0 Å². The van der Waals surface area contributed by atoms with Crippen LogP contribution in [0.15, 0.2) is 46.0 Å². The molecule has 4 nitrogen and oxygen atoms in total. The van der Waals surface area contributed by atoms with E-state index in [9.17, 15) is 4.79 Å². The number of aromatic nitrogens is 1. The Balaban J connectivity index is 2.14. The molecule has 7 heteroatoms. The van der Waals surface area contributed by atoms with Crippen LogP contribution in [0.4, 0.5) is 0 Å². The summed E-state index contributed by atoms with van der Waals surface area (Å²) < 4.78 is 0.970. The fraction of sp³-hybridized carbons (Fsp3) is 0.0714. The second kappa shape index (κ2) is 7.02. The molecule has 1 aromatic heterocycles. The van der Waals surface area contributed by atoms with Crippen molar-refractivity contribution < 1.29 is 4.79 Å². The average molecular weight is 387 g/mol.